The van der Waals surface area contributed by atoms with Crippen LogP contribution in [-0.2, 0) is 4.79 Å². The van der Waals surface area contributed by atoms with E-state index in [-0.39, 0.29) is 11.1 Å². The molecule has 1 fully saturated rings. The van der Waals surface area contributed by atoms with Crippen LogP contribution in [0.25, 0.3) is 12.4 Å². The van der Waals surface area contributed by atoms with E-state index in [1.807, 2.05) is 31.3 Å². The number of likely N-dealkylation sites (N-methyl/N-ethyl adjacent to an activating group) is 1. The van der Waals surface area contributed by atoms with Crippen molar-refractivity contribution in [3.63, 3.8) is 0 Å². The summed E-state index contributed by atoms with van der Waals surface area (Å²) in [6.45, 7) is 11.5. The number of anilines is 2. The number of amides is 1. The van der Waals surface area contributed by atoms with Gasteiger partial charge in [-0.1, -0.05) is 20.4 Å². The first-order chi connectivity index (χ1) is 17.2. The first kappa shape index (κ1) is 27.4. The molecule has 1 amide bonds. The third-order valence-corrected chi connectivity index (χ3v) is 6.63. The number of nitrogens with one attached hydrogen (secondary N) is 3. The fraction of sp³-hybridized carbons (Fsp3) is 0.448. The fourth-order valence-corrected chi connectivity index (χ4v) is 4.45. The second kappa shape index (κ2) is 12.7. The summed E-state index contributed by atoms with van der Waals surface area (Å²) < 4.78 is 20.6. The molecule has 0 unspecified atom stereocenters. The lowest BCUT2D eigenvalue weighted by molar-refractivity contribution is -0.117. The third kappa shape index (κ3) is 7.92. The van der Waals surface area contributed by atoms with Gasteiger partial charge in [-0.2, -0.15) is 0 Å². The first-order valence-corrected chi connectivity index (χ1v) is 12.7. The minimum absolute atomic E-state index is 0.0454. The van der Waals surface area contributed by atoms with Crippen molar-refractivity contribution in [3.8, 4) is 5.75 Å². The third-order valence-electron chi connectivity index (χ3n) is 6.63. The number of ether oxygens (including phenoxy) is 1. The maximum atomic E-state index is 15.0. The molecule has 0 bridgehead atoms. The van der Waals surface area contributed by atoms with Gasteiger partial charge in [0.15, 0.2) is 0 Å². The van der Waals surface area contributed by atoms with E-state index in [0.717, 1.165) is 24.2 Å². The lowest BCUT2D eigenvalue weighted by Gasteiger charge is -2.34. The zero-order chi connectivity index (χ0) is 26.1. The van der Waals surface area contributed by atoms with E-state index in [4.69, 9.17) is 4.74 Å². The molecule has 0 spiro atoms. The second-order valence-corrected chi connectivity index (χ2v) is 10.2. The molecule has 6 nitrogen and oxygen atoms in total. The van der Waals surface area contributed by atoms with Gasteiger partial charge >= 0.3 is 0 Å². The van der Waals surface area contributed by atoms with Crippen molar-refractivity contribution in [3.05, 3.63) is 52.7 Å². The number of hydrogen-bond acceptors (Lipinski definition) is 5. The molecular weight excluding hydrogens is 455 g/mol. The van der Waals surface area contributed by atoms with Gasteiger partial charge in [-0.05, 0) is 86.5 Å². The lowest BCUT2D eigenvalue weighted by Crippen LogP contribution is -2.31. The van der Waals surface area contributed by atoms with Crippen LogP contribution in [0.4, 0.5) is 15.8 Å². The molecule has 3 rings (SSSR count). The number of aliphatic imine (C=N–C) groups is 1. The van der Waals surface area contributed by atoms with Crippen molar-refractivity contribution in [2.24, 2.45) is 16.3 Å². The standard InChI is InChI=1S/C29H39FN4O2/c1-6-32-28(27-20(2)17-24(19-25(27)30)36-16-15-31-5)34-23-9-7-22(8-10-23)33-26(35)18-21-11-13-29(3,4)14-12-21/h6-10,17,19,21,31,34H,2,11-16,18H2,1,3-5H3,(H,33,35)/b28-27-,32-6-. The van der Waals surface area contributed by atoms with Crippen molar-refractivity contribution in [2.45, 2.75) is 52.9 Å². The molecule has 2 aromatic rings. The van der Waals surface area contributed by atoms with Gasteiger partial charge in [-0.15, -0.1) is 0 Å². The van der Waals surface area contributed by atoms with Crippen LogP contribution in [0.5, 0.6) is 5.75 Å². The molecule has 194 valence electrons. The van der Waals surface area contributed by atoms with Crippen LogP contribution in [0.1, 0.15) is 52.9 Å². The van der Waals surface area contributed by atoms with E-state index in [2.05, 4.69) is 41.4 Å². The number of rotatable bonds is 10. The Morgan fingerprint density at radius 2 is 1.81 bits per heavy atom. The summed E-state index contributed by atoms with van der Waals surface area (Å²) in [4.78, 5) is 16.9. The highest BCUT2D eigenvalue weighted by Gasteiger charge is 2.27. The van der Waals surface area contributed by atoms with E-state index >= 15 is 4.39 Å². The van der Waals surface area contributed by atoms with Crippen molar-refractivity contribution in [1.29, 1.82) is 0 Å². The zero-order valence-corrected chi connectivity index (χ0v) is 21.9. The molecule has 1 saturated carbocycles. The molecule has 0 aliphatic heterocycles. The van der Waals surface area contributed by atoms with Gasteiger partial charge in [0.2, 0.25) is 5.91 Å². The lowest BCUT2D eigenvalue weighted by atomic mass is 9.72. The van der Waals surface area contributed by atoms with Gasteiger partial charge < -0.3 is 20.7 Å². The predicted molar refractivity (Wildman–Crippen MR) is 147 cm³/mol. The number of benzene rings is 2. The summed E-state index contributed by atoms with van der Waals surface area (Å²) in [7, 11) is 1.83. The highest BCUT2D eigenvalue weighted by molar-refractivity contribution is 5.91. The van der Waals surface area contributed by atoms with Crippen LogP contribution in [0.2, 0.25) is 0 Å². The van der Waals surface area contributed by atoms with Crippen LogP contribution in [0, 0.1) is 17.2 Å². The summed E-state index contributed by atoms with van der Waals surface area (Å²) >= 11 is 0. The van der Waals surface area contributed by atoms with E-state index in [1.54, 1.807) is 19.2 Å². The summed E-state index contributed by atoms with van der Waals surface area (Å²) in [6, 6.07) is 10.4. The molecule has 36 heavy (non-hydrogen) atoms. The quantitative estimate of drug-likeness (QED) is 0.332. The molecule has 0 heterocycles. The average molecular weight is 495 g/mol. The maximum absolute atomic E-state index is 15.0. The van der Waals surface area contributed by atoms with Crippen molar-refractivity contribution in [1.82, 2.24) is 5.32 Å². The zero-order valence-electron chi connectivity index (χ0n) is 21.9. The van der Waals surface area contributed by atoms with Gasteiger partial charge in [0, 0.05) is 36.6 Å². The highest BCUT2D eigenvalue weighted by Crippen LogP contribution is 2.39. The molecule has 0 radical (unpaired) electrons. The minimum Gasteiger partial charge on any atom is -0.492 e. The van der Waals surface area contributed by atoms with E-state index in [1.165, 1.54) is 18.9 Å². The van der Waals surface area contributed by atoms with Gasteiger partial charge in [-0.3, -0.25) is 4.79 Å². The molecular formula is C29H39FN4O2. The van der Waals surface area contributed by atoms with Crippen LogP contribution in [0.3, 0.4) is 0 Å². The molecule has 1 aliphatic rings. The summed E-state index contributed by atoms with van der Waals surface area (Å²) in [5.41, 5.74) is 1.85. The molecule has 7 heteroatoms. The molecule has 0 saturated heterocycles. The number of halogens is 1. The fourth-order valence-electron chi connectivity index (χ4n) is 4.45. The van der Waals surface area contributed by atoms with Crippen LogP contribution < -0.4 is 31.1 Å². The predicted octanol–water partition coefficient (Wildman–Crippen LogP) is 4.65. The topological polar surface area (TPSA) is 74.8 Å². The van der Waals surface area contributed by atoms with E-state index in [9.17, 15) is 4.79 Å². The second-order valence-electron chi connectivity index (χ2n) is 10.2. The van der Waals surface area contributed by atoms with Crippen molar-refractivity contribution < 1.29 is 13.9 Å². The number of carbonyl (C=O) groups is 1. The normalized spacial score (nSPS) is 16.6. The Labute approximate surface area is 213 Å². The number of nitrogens with zero attached hydrogens (tertiary/aromatic N) is 1. The van der Waals surface area contributed by atoms with E-state index in [0.29, 0.717) is 47.7 Å². The number of hydrogen-bond donors (Lipinski definition) is 3. The Morgan fingerprint density at radius 3 is 2.39 bits per heavy atom. The number of carbonyl (C=O) groups excluding carboxylic acids is 1. The van der Waals surface area contributed by atoms with Crippen LogP contribution in [-0.4, -0.2) is 32.3 Å². The van der Waals surface area contributed by atoms with Gasteiger partial charge in [0.1, 0.15) is 24.0 Å². The summed E-state index contributed by atoms with van der Waals surface area (Å²) in [5.74, 6) is 0.802. The van der Waals surface area contributed by atoms with Gasteiger partial charge in [-0.25, -0.2) is 9.38 Å². The first-order valence-electron chi connectivity index (χ1n) is 12.7. The van der Waals surface area contributed by atoms with Crippen LogP contribution in [0.15, 0.2) is 41.4 Å². The van der Waals surface area contributed by atoms with Crippen molar-refractivity contribution >= 4 is 35.9 Å². The summed E-state index contributed by atoms with van der Waals surface area (Å²) in [6.07, 6.45) is 6.71. The van der Waals surface area contributed by atoms with Crippen molar-refractivity contribution in [2.75, 3.05) is 30.8 Å². The largest absolute Gasteiger partial charge is 0.492 e. The Balaban J connectivity index is 1.68. The molecule has 3 N–H and O–H groups in total. The Hall–Kier alpha value is -3.19. The SMILES string of the molecule is C=c1cc(OCCNC)cc(F)/c1=C(/N=C\C)Nc1ccc(NC(=O)CC2CCC(C)(C)CC2)cc1. The maximum Gasteiger partial charge on any atom is 0.224 e. The Kier molecular flexibility index (Phi) is 9.65. The average Bonchev–Trinajstić information content (AvgIpc) is 2.81. The van der Waals surface area contributed by atoms with Gasteiger partial charge in [0.25, 0.3) is 0 Å². The van der Waals surface area contributed by atoms with Gasteiger partial charge in [0.05, 0.1) is 5.22 Å². The summed E-state index contributed by atoms with van der Waals surface area (Å²) in [5, 5.41) is 9.91. The highest BCUT2D eigenvalue weighted by atomic mass is 19.1. The van der Waals surface area contributed by atoms with Crippen LogP contribution >= 0.6 is 0 Å². The molecule has 0 atom stereocenters. The van der Waals surface area contributed by atoms with E-state index < -0.39 is 5.82 Å². The Morgan fingerprint density at radius 1 is 1.17 bits per heavy atom. The minimum atomic E-state index is -0.468. The molecule has 0 aromatic heterocycles. The Bertz CT molecular complexity index is 1160. The smallest absolute Gasteiger partial charge is 0.224 e. The monoisotopic (exact) mass is 494 g/mol. The molecule has 1 aliphatic carbocycles. The molecule has 2 aromatic carbocycles.